The Labute approximate surface area is 88.7 Å². The van der Waals surface area contributed by atoms with Gasteiger partial charge >= 0.3 is 8.72 Å². The van der Waals surface area contributed by atoms with Crippen LogP contribution < -0.4 is 0 Å². The largest absolute Gasteiger partial charge is 0.428 e. The molecular weight excluding hydrogens is 194 g/mol. The molecule has 0 aliphatic carbocycles. The number of nitrogens with zero attached hydrogens (tertiary/aromatic N) is 1. The molecule has 0 N–H and O–H groups in total. The van der Waals surface area contributed by atoms with Crippen LogP contribution in [-0.4, -0.2) is 39.6 Å². The maximum Gasteiger partial charge on any atom is 0.428 e. The first-order valence-corrected chi connectivity index (χ1v) is 7.26. The molecule has 0 unspecified atom stereocenters. The average molecular weight is 217 g/mol. The predicted octanol–water partition coefficient (Wildman–Crippen LogP) is 1.97. The van der Waals surface area contributed by atoms with Crippen LogP contribution in [0.2, 0.25) is 6.04 Å². The van der Waals surface area contributed by atoms with Crippen molar-refractivity contribution < 1.29 is 8.85 Å². The second-order valence-corrected chi connectivity index (χ2v) is 8.11. The molecular formula is C10H23NO2Si. The Balaban J connectivity index is 2.79. The first-order valence-electron chi connectivity index (χ1n) is 5.29. The standard InChI is InChI=1S/C10H23NO2Si/c1-9(2)10(3,4)11-7-8-14(11,12-5)13-6/h9H,7-8H2,1-6H3. The molecule has 0 aromatic carbocycles. The van der Waals surface area contributed by atoms with Crippen molar-refractivity contribution in [3.63, 3.8) is 0 Å². The van der Waals surface area contributed by atoms with E-state index in [1.807, 2.05) is 0 Å². The maximum absolute atomic E-state index is 5.61. The van der Waals surface area contributed by atoms with Crippen LogP contribution in [0, 0.1) is 5.92 Å². The molecule has 0 bridgehead atoms. The molecule has 0 aromatic rings. The van der Waals surface area contributed by atoms with Gasteiger partial charge in [0.1, 0.15) is 0 Å². The van der Waals surface area contributed by atoms with E-state index in [1.54, 1.807) is 14.2 Å². The van der Waals surface area contributed by atoms with Gasteiger partial charge in [-0.1, -0.05) is 13.8 Å². The van der Waals surface area contributed by atoms with E-state index < -0.39 is 8.72 Å². The number of rotatable bonds is 4. The van der Waals surface area contributed by atoms with Crippen molar-refractivity contribution >= 4 is 8.72 Å². The van der Waals surface area contributed by atoms with E-state index in [0.717, 1.165) is 12.6 Å². The van der Waals surface area contributed by atoms with Crippen LogP contribution in [0.15, 0.2) is 0 Å². The lowest BCUT2D eigenvalue weighted by Crippen LogP contribution is -2.74. The summed E-state index contributed by atoms with van der Waals surface area (Å²) in [5, 5.41) is 0. The Bertz CT molecular complexity index is 195. The van der Waals surface area contributed by atoms with Gasteiger partial charge < -0.3 is 8.85 Å². The van der Waals surface area contributed by atoms with Crippen molar-refractivity contribution in [1.29, 1.82) is 0 Å². The van der Waals surface area contributed by atoms with Gasteiger partial charge in [-0.3, -0.25) is 4.57 Å². The maximum atomic E-state index is 5.61. The SMILES string of the molecule is CO[Si]1(OC)CCN1C(C)(C)C(C)C. The fourth-order valence-electron chi connectivity index (χ4n) is 1.95. The molecule has 4 heteroatoms. The highest BCUT2D eigenvalue weighted by Crippen LogP contribution is 2.38. The highest BCUT2D eigenvalue weighted by Gasteiger charge is 2.57. The molecule has 1 fully saturated rings. The van der Waals surface area contributed by atoms with Crippen LogP contribution >= 0.6 is 0 Å². The summed E-state index contributed by atoms with van der Waals surface area (Å²) >= 11 is 0. The van der Waals surface area contributed by atoms with Gasteiger partial charge in [0.25, 0.3) is 0 Å². The third-order valence-corrected chi connectivity index (χ3v) is 7.56. The number of hydrogen-bond acceptors (Lipinski definition) is 3. The summed E-state index contributed by atoms with van der Waals surface area (Å²) in [5.74, 6) is 0.611. The minimum absolute atomic E-state index is 0.177. The van der Waals surface area contributed by atoms with E-state index in [4.69, 9.17) is 8.85 Å². The van der Waals surface area contributed by atoms with E-state index in [-0.39, 0.29) is 5.54 Å². The summed E-state index contributed by atoms with van der Waals surface area (Å²) in [6, 6.07) is 1.09. The van der Waals surface area contributed by atoms with Crippen LogP contribution in [0.25, 0.3) is 0 Å². The molecule has 1 saturated heterocycles. The molecule has 1 aliphatic heterocycles. The van der Waals surface area contributed by atoms with Gasteiger partial charge in [0.2, 0.25) is 0 Å². The molecule has 0 saturated carbocycles. The summed E-state index contributed by atoms with van der Waals surface area (Å²) in [4.78, 5) is 0. The third kappa shape index (κ3) is 1.64. The van der Waals surface area contributed by atoms with Gasteiger partial charge in [-0.05, 0) is 26.3 Å². The second-order valence-electron chi connectivity index (χ2n) is 4.83. The molecule has 3 nitrogen and oxygen atoms in total. The Morgan fingerprint density at radius 1 is 1.21 bits per heavy atom. The lowest BCUT2D eigenvalue weighted by molar-refractivity contribution is 0.0384. The second kappa shape index (κ2) is 3.93. The highest BCUT2D eigenvalue weighted by atomic mass is 28.4. The van der Waals surface area contributed by atoms with E-state index in [1.165, 1.54) is 0 Å². The van der Waals surface area contributed by atoms with Crippen molar-refractivity contribution in [3.8, 4) is 0 Å². The Morgan fingerprint density at radius 2 is 1.71 bits per heavy atom. The van der Waals surface area contributed by atoms with Crippen molar-refractivity contribution in [2.75, 3.05) is 20.8 Å². The van der Waals surface area contributed by atoms with Gasteiger partial charge in [0.05, 0.1) is 0 Å². The lowest BCUT2D eigenvalue weighted by atomic mass is 9.90. The zero-order chi connectivity index (χ0) is 11.0. The fraction of sp³-hybridized carbons (Fsp3) is 1.00. The van der Waals surface area contributed by atoms with Crippen LogP contribution in [-0.2, 0) is 8.85 Å². The zero-order valence-corrected chi connectivity index (χ0v) is 11.3. The van der Waals surface area contributed by atoms with Crippen LogP contribution in [0.4, 0.5) is 0 Å². The minimum atomic E-state index is -1.99. The Kier molecular flexibility index (Phi) is 3.41. The Hall–Kier alpha value is 0.0969. The first kappa shape index (κ1) is 12.2. The van der Waals surface area contributed by atoms with Crippen LogP contribution in [0.1, 0.15) is 27.7 Å². The minimum Gasteiger partial charge on any atom is -0.386 e. The van der Waals surface area contributed by atoms with E-state index in [2.05, 4.69) is 32.3 Å². The lowest BCUT2D eigenvalue weighted by Gasteiger charge is -2.56. The third-order valence-electron chi connectivity index (χ3n) is 3.81. The monoisotopic (exact) mass is 217 g/mol. The summed E-state index contributed by atoms with van der Waals surface area (Å²) in [6.07, 6.45) is 0. The van der Waals surface area contributed by atoms with Crippen molar-refractivity contribution in [2.45, 2.75) is 39.3 Å². The number of hydrogen-bond donors (Lipinski definition) is 0. The Morgan fingerprint density at radius 3 is 1.93 bits per heavy atom. The molecule has 1 rings (SSSR count). The smallest absolute Gasteiger partial charge is 0.386 e. The van der Waals surface area contributed by atoms with Crippen LogP contribution in [0.3, 0.4) is 0 Å². The zero-order valence-electron chi connectivity index (χ0n) is 10.3. The van der Waals surface area contributed by atoms with Crippen molar-refractivity contribution in [3.05, 3.63) is 0 Å². The summed E-state index contributed by atoms with van der Waals surface area (Å²) < 4.78 is 13.7. The summed E-state index contributed by atoms with van der Waals surface area (Å²) in [5.41, 5.74) is 0.177. The van der Waals surface area contributed by atoms with Crippen molar-refractivity contribution in [2.24, 2.45) is 5.92 Å². The van der Waals surface area contributed by atoms with E-state index >= 15 is 0 Å². The predicted molar refractivity (Wildman–Crippen MR) is 60.2 cm³/mol. The van der Waals surface area contributed by atoms with Crippen molar-refractivity contribution in [1.82, 2.24) is 4.57 Å². The molecule has 1 aliphatic rings. The van der Waals surface area contributed by atoms with Gasteiger partial charge in [-0.25, -0.2) is 0 Å². The summed E-state index contributed by atoms with van der Waals surface area (Å²) in [7, 11) is 1.57. The van der Waals surface area contributed by atoms with Gasteiger partial charge in [0, 0.05) is 25.8 Å². The van der Waals surface area contributed by atoms with E-state index in [0.29, 0.717) is 5.92 Å². The molecule has 14 heavy (non-hydrogen) atoms. The van der Waals surface area contributed by atoms with Crippen LogP contribution in [0.5, 0.6) is 0 Å². The highest BCUT2D eigenvalue weighted by molar-refractivity contribution is 6.67. The molecule has 0 atom stereocenters. The van der Waals surface area contributed by atoms with Gasteiger partial charge in [0.15, 0.2) is 0 Å². The molecule has 0 spiro atoms. The van der Waals surface area contributed by atoms with E-state index in [9.17, 15) is 0 Å². The molecule has 1 heterocycles. The normalized spacial score (nSPS) is 22.5. The first-order chi connectivity index (χ1) is 6.40. The van der Waals surface area contributed by atoms with Gasteiger partial charge in [-0.15, -0.1) is 0 Å². The quantitative estimate of drug-likeness (QED) is 0.672. The summed E-state index contributed by atoms with van der Waals surface area (Å²) in [6.45, 7) is 10.2. The van der Waals surface area contributed by atoms with Gasteiger partial charge in [-0.2, -0.15) is 0 Å². The molecule has 0 radical (unpaired) electrons. The molecule has 0 aromatic heterocycles. The topological polar surface area (TPSA) is 21.7 Å². The average Bonchev–Trinajstić information content (AvgIpc) is 2.04. The fourth-order valence-corrected chi connectivity index (χ4v) is 4.92. The molecule has 84 valence electrons. The molecule has 0 amide bonds.